The first-order valence-electron chi connectivity index (χ1n) is 7.62. The third kappa shape index (κ3) is 4.03. The molecule has 0 heterocycles. The van der Waals surface area contributed by atoms with Gasteiger partial charge < -0.3 is 10.2 Å². The van der Waals surface area contributed by atoms with Gasteiger partial charge in [0.1, 0.15) is 5.78 Å². The summed E-state index contributed by atoms with van der Waals surface area (Å²) >= 11 is 0. The van der Waals surface area contributed by atoms with E-state index >= 15 is 0 Å². The van der Waals surface area contributed by atoms with Gasteiger partial charge in [-0.25, -0.2) is 0 Å². The SMILES string of the molecule is CCC(C(=O)C[C@H](O)c1ccccc1)[C@H](O)c1ccccc1. The minimum Gasteiger partial charge on any atom is -0.388 e. The van der Waals surface area contributed by atoms with Crippen LogP contribution in [0.25, 0.3) is 0 Å². The number of aliphatic hydroxyl groups excluding tert-OH is 2. The highest BCUT2D eigenvalue weighted by molar-refractivity contribution is 5.82. The molecule has 0 aliphatic heterocycles. The molecular formula is C19H22O3. The molecule has 0 saturated carbocycles. The second-order valence-corrected chi connectivity index (χ2v) is 5.47. The van der Waals surface area contributed by atoms with Crippen LogP contribution >= 0.6 is 0 Å². The molecule has 116 valence electrons. The Morgan fingerprint density at radius 1 is 0.909 bits per heavy atom. The molecule has 0 radical (unpaired) electrons. The van der Waals surface area contributed by atoms with Crippen molar-refractivity contribution in [2.45, 2.75) is 32.0 Å². The van der Waals surface area contributed by atoms with Gasteiger partial charge in [0, 0.05) is 12.3 Å². The van der Waals surface area contributed by atoms with Crippen molar-refractivity contribution in [1.29, 1.82) is 0 Å². The predicted octanol–water partition coefficient (Wildman–Crippen LogP) is 3.44. The maximum Gasteiger partial charge on any atom is 0.141 e. The highest BCUT2D eigenvalue weighted by atomic mass is 16.3. The van der Waals surface area contributed by atoms with E-state index < -0.39 is 18.1 Å². The molecular weight excluding hydrogens is 276 g/mol. The highest BCUT2D eigenvalue weighted by Gasteiger charge is 2.27. The average Bonchev–Trinajstić information content (AvgIpc) is 2.57. The van der Waals surface area contributed by atoms with Crippen LogP contribution < -0.4 is 0 Å². The predicted molar refractivity (Wildman–Crippen MR) is 86.2 cm³/mol. The first-order valence-corrected chi connectivity index (χ1v) is 7.62. The summed E-state index contributed by atoms with van der Waals surface area (Å²) in [7, 11) is 0. The van der Waals surface area contributed by atoms with Crippen molar-refractivity contribution in [2.24, 2.45) is 5.92 Å². The summed E-state index contributed by atoms with van der Waals surface area (Å²) in [6, 6.07) is 18.3. The van der Waals surface area contributed by atoms with Crippen LogP contribution in [-0.4, -0.2) is 16.0 Å². The number of benzene rings is 2. The first kappa shape index (κ1) is 16.4. The summed E-state index contributed by atoms with van der Waals surface area (Å²) in [5, 5.41) is 20.6. The van der Waals surface area contributed by atoms with Gasteiger partial charge in [-0.15, -0.1) is 0 Å². The van der Waals surface area contributed by atoms with E-state index in [1.807, 2.05) is 55.5 Å². The van der Waals surface area contributed by atoms with E-state index in [-0.39, 0.29) is 12.2 Å². The summed E-state index contributed by atoms with van der Waals surface area (Å²) in [5.74, 6) is -0.615. The van der Waals surface area contributed by atoms with Crippen LogP contribution in [-0.2, 0) is 4.79 Å². The number of rotatable bonds is 7. The fourth-order valence-electron chi connectivity index (χ4n) is 2.64. The van der Waals surface area contributed by atoms with Gasteiger partial charge >= 0.3 is 0 Å². The van der Waals surface area contributed by atoms with Crippen molar-refractivity contribution in [3.8, 4) is 0 Å². The molecule has 22 heavy (non-hydrogen) atoms. The van der Waals surface area contributed by atoms with Crippen molar-refractivity contribution in [3.05, 3.63) is 71.8 Å². The molecule has 0 aromatic heterocycles. The molecule has 0 aliphatic rings. The minimum absolute atomic E-state index is 0.0203. The number of hydrogen-bond donors (Lipinski definition) is 2. The first-order chi connectivity index (χ1) is 10.6. The molecule has 0 amide bonds. The second kappa shape index (κ2) is 7.87. The summed E-state index contributed by atoms with van der Waals surface area (Å²) in [6.45, 7) is 1.88. The van der Waals surface area contributed by atoms with Gasteiger partial charge in [-0.05, 0) is 17.5 Å². The number of hydrogen-bond acceptors (Lipinski definition) is 3. The van der Waals surface area contributed by atoms with Gasteiger partial charge in [-0.3, -0.25) is 4.79 Å². The molecule has 2 aromatic rings. The maximum atomic E-state index is 12.5. The smallest absolute Gasteiger partial charge is 0.141 e. The van der Waals surface area contributed by atoms with Gasteiger partial charge in [0.25, 0.3) is 0 Å². The van der Waals surface area contributed by atoms with Gasteiger partial charge in [-0.2, -0.15) is 0 Å². The summed E-state index contributed by atoms with van der Waals surface area (Å²) in [4.78, 5) is 12.5. The lowest BCUT2D eigenvalue weighted by molar-refractivity contribution is -0.128. The van der Waals surface area contributed by atoms with E-state index in [1.165, 1.54) is 0 Å². The topological polar surface area (TPSA) is 57.5 Å². The van der Waals surface area contributed by atoms with Gasteiger partial charge in [0.05, 0.1) is 12.2 Å². The molecule has 0 aliphatic carbocycles. The highest BCUT2D eigenvalue weighted by Crippen LogP contribution is 2.28. The molecule has 2 aromatic carbocycles. The summed E-state index contributed by atoms with van der Waals surface area (Å²) in [6.07, 6.45) is -1.10. The molecule has 0 fully saturated rings. The van der Waals surface area contributed by atoms with E-state index in [1.54, 1.807) is 12.1 Å². The number of carbonyl (C=O) groups is 1. The fourth-order valence-corrected chi connectivity index (χ4v) is 2.64. The van der Waals surface area contributed by atoms with Crippen molar-refractivity contribution >= 4 is 5.78 Å². The van der Waals surface area contributed by atoms with Crippen LogP contribution in [0.15, 0.2) is 60.7 Å². The maximum absolute atomic E-state index is 12.5. The van der Waals surface area contributed by atoms with E-state index in [0.717, 1.165) is 11.1 Å². The number of Topliss-reactive ketones (excluding diaryl/α,β-unsaturated/α-hetero) is 1. The third-order valence-electron chi connectivity index (χ3n) is 3.95. The van der Waals surface area contributed by atoms with Crippen molar-refractivity contribution < 1.29 is 15.0 Å². The Labute approximate surface area is 131 Å². The van der Waals surface area contributed by atoms with E-state index in [9.17, 15) is 15.0 Å². The van der Waals surface area contributed by atoms with Crippen molar-refractivity contribution in [1.82, 2.24) is 0 Å². The monoisotopic (exact) mass is 298 g/mol. The Bertz CT molecular complexity index is 580. The molecule has 2 rings (SSSR count). The lowest BCUT2D eigenvalue weighted by Crippen LogP contribution is -2.23. The zero-order chi connectivity index (χ0) is 15.9. The van der Waals surface area contributed by atoms with Crippen LogP contribution in [0.2, 0.25) is 0 Å². The lowest BCUT2D eigenvalue weighted by Gasteiger charge is -2.22. The third-order valence-corrected chi connectivity index (χ3v) is 3.95. The normalized spacial score (nSPS) is 15.0. The average molecular weight is 298 g/mol. The molecule has 0 bridgehead atoms. The Hall–Kier alpha value is -1.97. The van der Waals surface area contributed by atoms with E-state index in [2.05, 4.69) is 0 Å². The van der Waals surface area contributed by atoms with Crippen molar-refractivity contribution in [3.63, 3.8) is 0 Å². The van der Waals surface area contributed by atoms with Crippen LogP contribution in [0, 0.1) is 5.92 Å². The number of carbonyl (C=O) groups excluding carboxylic acids is 1. The Morgan fingerprint density at radius 2 is 1.41 bits per heavy atom. The van der Waals surface area contributed by atoms with Gasteiger partial charge in [0.2, 0.25) is 0 Å². The van der Waals surface area contributed by atoms with E-state index in [4.69, 9.17) is 0 Å². The molecule has 0 saturated heterocycles. The van der Waals surface area contributed by atoms with Crippen LogP contribution in [0.3, 0.4) is 0 Å². The summed E-state index contributed by atoms with van der Waals surface area (Å²) < 4.78 is 0. The molecule has 3 nitrogen and oxygen atoms in total. The molecule has 3 heteroatoms. The molecule has 1 unspecified atom stereocenters. The minimum atomic E-state index is -0.832. The van der Waals surface area contributed by atoms with E-state index in [0.29, 0.717) is 6.42 Å². The van der Waals surface area contributed by atoms with Gasteiger partial charge in [-0.1, -0.05) is 67.6 Å². The standard InChI is InChI=1S/C19H22O3/c1-2-16(19(22)15-11-7-4-8-12-15)18(21)13-17(20)14-9-5-3-6-10-14/h3-12,16-17,19-20,22H,2,13H2,1H3/t16?,17-,19+/m0/s1. The van der Waals surface area contributed by atoms with Crippen molar-refractivity contribution in [2.75, 3.05) is 0 Å². The largest absolute Gasteiger partial charge is 0.388 e. The second-order valence-electron chi connectivity index (χ2n) is 5.47. The van der Waals surface area contributed by atoms with Crippen LogP contribution in [0.1, 0.15) is 43.1 Å². The number of ketones is 1. The quantitative estimate of drug-likeness (QED) is 0.823. The van der Waals surface area contributed by atoms with Gasteiger partial charge in [0.15, 0.2) is 0 Å². The molecule has 3 atom stereocenters. The zero-order valence-electron chi connectivity index (χ0n) is 12.7. The summed E-state index contributed by atoms with van der Waals surface area (Å²) in [5.41, 5.74) is 1.46. The van der Waals surface area contributed by atoms with Crippen LogP contribution in [0.4, 0.5) is 0 Å². The fraction of sp³-hybridized carbons (Fsp3) is 0.316. The lowest BCUT2D eigenvalue weighted by atomic mass is 9.86. The Morgan fingerprint density at radius 3 is 1.91 bits per heavy atom. The Kier molecular flexibility index (Phi) is 5.87. The Balaban J connectivity index is 2.06. The molecule has 0 spiro atoms. The zero-order valence-corrected chi connectivity index (χ0v) is 12.7. The van der Waals surface area contributed by atoms with Crippen LogP contribution in [0.5, 0.6) is 0 Å². The molecule has 2 N–H and O–H groups in total. The number of aliphatic hydroxyl groups is 2.